The predicted molar refractivity (Wildman–Crippen MR) is 69.8 cm³/mol. The van der Waals surface area contributed by atoms with Crippen LogP contribution in [-0.2, 0) is 6.42 Å². The summed E-state index contributed by atoms with van der Waals surface area (Å²) in [4.78, 5) is 0. The average molecular weight is 285 g/mol. The Labute approximate surface area is 114 Å². The minimum absolute atomic E-state index is 0.0329. The summed E-state index contributed by atoms with van der Waals surface area (Å²) in [5, 5.41) is -0.739. The van der Waals surface area contributed by atoms with E-state index in [0.29, 0.717) is 0 Å². The van der Waals surface area contributed by atoms with Gasteiger partial charge in [-0.15, -0.1) is 11.6 Å². The van der Waals surface area contributed by atoms with Gasteiger partial charge < -0.3 is 0 Å². The smallest absolute Gasteiger partial charge is 0.162 e. The lowest BCUT2D eigenvalue weighted by molar-refractivity contribution is 0.497. The number of hydrogen-bond donors (Lipinski definition) is 0. The molecule has 0 radical (unpaired) electrons. The lowest BCUT2D eigenvalue weighted by atomic mass is 10.0. The molecule has 0 spiro atoms. The molecule has 0 aliphatic carbocycles. The summed E-state index contributed by atoms with van der Waals surface area (Å²) in [6, 6.07) is 8.55. The van der Waals surface area contributed by atoms with Gasteiger partial charge in [0.05, 0.1) is 5.38 Å². The summed E-state index contributed by atoms with van der Waals surface area (Å²) in [6.07, 6.45) is 0.0329. The van der Waals surface area contributed by atoms with E-state index in [0.717, 1.165) is 11.6 Å². The highest BCUT2D eigenvalue weighted by molar-refractivity contribution is 6.20. The highest BCUT2D eigenvalue weighted by Crippen LogP contribution is 2.29. The van der Waals surface area contributed by atoms with Gasteiger partial charge in [-0.05, 0) is 36.6 Å². The Balaban J connectivity index is 2.25. The van der Waals surface area contributed by atoms with Gasteiger partial charge in [-0.1, -0.05) is 24.3 Å². The molecule has 2 rings (SSSR count). The molecule has 0 bridgehead atoms. The van der Waals surface area contributed by atoms with Gasteiger partial charge in [0.15, 0.2) is 11.6 Å². The van der Waals surface area contributed by atoms with Crippen molar-refractivity contribution in [2.24, 2.45) is 0 Å². The van der Waals surface area contributed by atoms with E-state index < -0.39 is 22.8 Å². The van der Waals surface area contributed by atoms with Crippen molar-refractivity contribution in [2.75, 3.05) is 0 Å². The van der Waals surface area contributed by atoms with E-state index in [1.165, 1.54) is 18.2 Å². The van der Waals surface area contributed by atoms with Crippen LogP contribution in [0.3, 0.4) is 0 Å². The Hall–Kier alpha value is -1.48. The van der Waals surface area contributed by atoms with E-state index in [-0.39, 0.29) is 17.5 Å². The molecule has 19 heavy (non-hydrogen) atoms. The SMILES string of the molecule is Cc1ccc(C(Cl)Cc2cccc(F)c2F)c(F)c1. The van der Waals surface area contributed by atoms with E-state index in [9.17, 15) is 13.2 Å². The van der Waals surface area contributed by atoms with Gasteiger partial charge in [-0.3, -0.25) is 0 Å². The molecule has 0 nitrogen and oxygen atoms in total. The summed E-state index contributed by atoms with van der Waals surface area (Å²) in [5.74, 6) is -2.29. The first-order valence-corrected chi connectivity index (χ1v) is 6.25. The van der Waals surface area contributed by atoms with Gasteiger partial charge in [0, 0.05) is 5.56 Å². The van der Waals surface area contributed by atoms with Crippen LogP contribution in [0.4, 0.5) is 13.2 Å². The number of hydrogen-bond acceptors (Lipinski definition) is 0. The molecule has 4 heteroatoms. The first kappa shape index (κ1) is 13.9. The largest absolute Gasteiger partial charge is 0.207 e. The van der Waals surface area contributed by atoms with Crippen LogP contribution in [0.2, 0.25) is 0 Å². The maximum atomic E-state index is 13.7. The van der Waals surface area contributed by atoms with Crippen LogP contribution in [0.5, 0.6) is 0 Å². The van der Waals surface area contributed by atoms with E-state index in [1.807, 2.05) is 0 Å². The molecule has 0 saturated heterocycles. The first-order chi connectivity index (χ1) is 8.99. The summed E-state index contributed by atoms with van der Waals surface area (Å²) in [6.45, 7) is 1.77. The summed E-state index contributed by atoms with van der Waals surface area (Å²) in [5.41, 5.74) is 1.21. The van der Waals surface area contributed by atoms with Crippen molar-refractivity contribution in [3.05, 3.63) is 70.5 Å². The third kappa shape index (κ3) is 3.10. The Morgan fingerprint density at radius 1 is 1.05 bits per heavy atom. The zero-order valence-corrected chi connectivity index (χ0v) is 11.0. The van der Waals surface area contributed by atoms with E-state index in [2.05, 4.69) is 0 Å². The van der Waals surface area contributed by atoms with Crippen LogP contribution >= 0.6 is 11.6 Å². The molecule has 0 N–H and O–H groups in total. The maximum absolute atomic E-state index is 13.7. The molecule has 0 aliphatic heterocycles. The summed E-state index contributed by atoms with van der Waals surface area (Å²) >= 11 is 6.09. The van der Waals surface area contributed by atoms with Crippen LogP contribution in [0.25, 0.3) is 0 Å². The fraction of sp³-hybridized carbons (Fsp3) is 0.200. The molecular weight excluding hydrogens is 273 g/mol. The van der Waals surface area contributed by atoms with Gasteiger partial charge in [0.1, 0.15) is 5.82 Å². The lowest BCUT2D eigenvalue weighted by Gasteiger charge is -2.12. The van der Waals surface area contributed by atoms with Crippen LogP contribution < -0.4 is 0 Å². The summed E-state index contributed by atoms with van der Waals surface area (Å²) in [7, 11) is 0. The number of halogens is 4. The van der Waals surface area contributed by atoms with Crippen LogP contribution in [-0.4, -0.2) is 0 Å². The standard InChI is InChI=1S/C15H12ClF3/c1-9-5-6-11(14(18)7-9)12(16)8-10-3-2-4-13(17)15(10)19/h2-7,12H,8H2,1H3. The monoisotopic (exact) mass is 284 g/mol. The number of benzene rings is 2. The molecule has 100 valence electrons. The Morgan fingerprint density at radius 2 is 1.79 bits per heavy atom. The quantitative estimate of drug-likeness (QED) is 0.701. The zero-order valence-electron chi connectivity index (χ0n) is 10.3. The molecule has 2 aromatic carbocycles. The zero-order chi connectivity index (χ0) is 14.0. The molecule has 0 aliphatic rings. The van der Waals surface area contributed by atoms with Gasteiger partial charge in [0.2, 0.25) is 0 Å². The minimum atomic E-state index is -0.930. The topological polar surface area (TPSA) is 0 Å². The predicted octanol–water partition coefficient (Wildman–Crippen LogP) is 4.93. The van der Waals surface area contributed by atoms with Crippen molar-refractivity contribution in [3.63, 3.8) is 0 Å². The van der Waals surface area contributed by atoms with Crippen molar-refractivity contribution in [1.82, 2.24) is 0 Å². The van der Waals surface area contributed by atoms with E-state index >= 15 is 0 Å². The minimum Gasteiger partial charge on any atom is -0.207 e. The van der Waals surface area contributed by atoms with Crippen LogP contribution in [0.1, 0.15) is 22.1 Å². The molecule has 0 aromatic heterocycles. The Kier molecular flexibility index (Phi) is 4.15. The highest BCUT2D eigenvalue weighted by atomic mass is 35.5. The number of aryl methyl sites for hydroxylation is 1. The Morgan fingerprint density at radius 3 is 2.47 bits per heavy atom. The molecule has 0 amide bonds. The normalized spacial score (nSPS) is 12.5. The third-order valence-electron chi connectivity index (χ3n) is 2.92. The van der Waals surface area contributed by atoms with Crippen molar-refractivity contribution >= 4 is 11.6 Å². The molecular formula is C15H12ClF3. The van der Waals surface area contributed by atoms with Gasteiger partial charge in [-0.25, -0.2) is 13.2 Å². The molecule has 0 saturated carbocycles. The second-order valence-corrected chi connectivity index (χ2v) is 4.94. The average Bonchev–Trinajstić information content (AvgIpc) is 2.34. The number of rotatable bonds is 3. The number of alkyl halides is 1. The first-order valence-electron chi connectivity index (χ1n) is 5.82. The second-order valence-electron chi connectivity index (χ2n) is 4.41. The van der Waals surface area contributed by atoms with Gasteiger partial charge in [0.25, 0.3) is 0 Å². The van der Waals surface area contributed by atoms with Crippen molar-refractivity contribution < 1.29 is 13.2 Å². The van der Waals surface area contributed by atoms with E-state index in [1.54, 1.807) is 19.1 Å². The molecule has 0 fully saturated rings. The highest BCUT2D eigenvalue weighted by Gasteiger charge is 2.17. The second kappa shape index (κ2) is 5.66. The fourth-order valence-corrected chi connectivity index (χ4v) is 2.24. The van der Waals surface area contributed by atoms with Crippen LogP contribution in [0.15, 0.2) is 36.4 Å². The lowest BCUT2D eigenvalue weighted by Crippen LogP contribution is -2.02. The molecule has 2 aromatic rings. The van der Waals surface area contributed by atoms with Crippen molar-refractivity contribution in [3.8, 4) is 0 Å². The fourth-order valence-electron chi connectivity index (χ4n) is 1.90. The maximum Gasteiger partial charge on any atom is 0.162 e. The Bertz CT molecular complexity index is 596. The molecule has 1 unspecified atom stereocenters. The van der Waals surface area contributed by atoms with E-state index in [4.69, 9.17) is 11.6 Å². The van der Waals surface area contributed by atoms with Crippen molar-refractivity contribution in [1.29, 1.82) is 0 Å². The van der Waals surface area contributed by atoms with Gasteiger partial charge >= 0.3 is 0 Å². The molecule has 1 atom stereocenters. The van der Waals surface area contributed by atoms with Gasteiger partial charge in [-0.2, -0.15) is 0 Å². The van der Waals surface area contributed by atoms with Crippen LogP contribution in [0, 0.1) is 24.4 Å². The third-order valence-corrected chi connectivity index (χ3v) is 3.31. The molecule has 0 heterocycles. The summed E-state index contributed by atoms with van der Waals surface area (Å²) < 4.78 is 40.3. The van der Waals surface area contributed by atoms with Crippen molar-refractivity contribution in [2.45, 2.75) is 18.7 Å².